The summed E-state index contributed by atoms with van der Waals surface area (Å²) >= 11 is 1.69. The first-order valence-electron chi connectivity index (χ1n) is 8.57. The average molecular weight is 352 g/mol. The van der Waals surface area contributed by atoms with Gasteiger partial charge in [-0.1, -0.05) is 36.4 Å². The number of hydrogen-bond acceptors (Lipinski definition) is 4. The van der Waals surface area contributed by atoms with Gasteiger partial charge in [0.05, 0.1) is 17.2 Å². The fraction of sp³-hybridized carbons (Fsp3) is 0.300. The van der Waals surface area contributed by atoms with Gasteiger partial charge in [-0.3, -0.25) is 4.79 Å². The lowest BCUT2D eigenvalue weighted by Crippen LogP contribution is -2.36. The second kappa shape index (κ2) is 6.84. The van der Waals surface area contributed by atoms with Crippen molar-refractivity contribution < 1.29 is 9.53 Å². The van der Waals surface area contributed by atoms with Crippen LogP contribution in [0.1, 0.15) is 36.4 Å². The van der Waals surface area contributed by atoms with Crippen LogP contribution < -0.4 is 10.1 Å². The molecule has 1 aliphatic carbocycles. The zero-order valence-electron chi connectivity index (χ0n) is 14.1. The molecule has 1 N–H and O–H groups in total. The molecule has 1 amide bonds. The molecule has 128 valence electrons. The summed E-state index contributed by atoms with van der Waals surface area (Å²) in [6, 6.07) is 13.9. The molecule has 0 aliphatic heterocycles. The Kier molecular flexibility index (Phi) is 4.40. The minimum Gasteiger partial charge on any atom is -0.480 e. The minimum atomic E-state index is -0.563. The SMILES string of the molecule is CC(Oc1cccc2ccccc12)C(=O)NCc1csc(C2CC2)n1. The van der Waals surface area contributed by atoms with E-state index < -0.39 is 6.10 Å². The summed E-state index contributed by atoms with van der Waals surface area (Å²) in [5, 5.41) is 8.26. The Bertz CT molecular complexity index is 896. The van der Waals surface area contributed by atoms with Crippen LogP contribution in [0.2, 0.25) is 0 Å². The van der Waals surface area contributed by atoms with Gasteiger partial charge in [-0.25, -0.2) is 4.98 Å². The van der Waals surface area contributed by atoms with E-state index in [1.54, 1.807) is 18.3 Å². The molecule has 5 heteroatoms. The van der Waals surface area contributed by atoms with E-state index in [1.165, 1.54) is 17.8 Å². The van der Waals surface area contributed by atoms with Gasteiger partial charge in [0, 0.05) is 16.7 Å². The van der Waals surface area contributed by atoms with Crippen LogP contribution in [0.3, 0.4) is 0 Å². The van der Waals surface area contributed by atoms with Gasteiger partial charge >= 0.3 is 0 Å². The quantitative estimate of drug-likeness (QED) is 0.721. The molecule has 1 aromatic heterocycles. The van der Waals surface area contributed by atoms with Crippen molar-refractivity contribution in [2.24, 2.45) is 0 Å². The summed E-state index contributed by atoms with van der Waals surface area (Å²) in [5.41, 5.74) is 0.928. The number of amides is 1. The molecule has 1 unspecified atom stereocenters. The van der Waals surface area contributed by atoms with Gasteiger partial charge < -0.3 is 10.1 Å². The molecule has 0 radical (unpaired) electrons. The first-order chi connectivity index (χ1) is 12.2. The normalized spacial score (nSPS) is 15.1. The van der Waals surface area contributed by atoms with Crippen molar-refractivity contribution >= 4 is 28.0 Å². The molecule has 4 rings (SSSR count). The van der Waals surface area contributed by atoms with Gasteiger partial charge in [-0.2, -0.15) is 0 Å². The zero-order chi connectivity index (χ0) is 17.2. The van der Waals surface area contributed by atoms with Crippen molar-refractivity contribution in [1.82, 2.24) is 10.3 Å². The Morgan fingerprint density at radius 2 is 2.08 bits per heavy atom. The van der Waals surface area contributed by atoms with Crippen molar-refractivity contribution in [3.63, 3.8) is 0 Å². The number of benzene rings is 2. The molecule has 3 aromatic rings. The highest BCUT2D eigenvalue weighted by Gasteiger charge is 2.26. The van der Waals surface area contributed by atoms with Crippen LogP contribution in [0.25, 0.3) is 10.8 Å². The third kappa shape index (κ3) is 3.66. The summed E-state index contributed by atoms with van der Waals surface area (Å²) in [7, 11) is 0. The summed E-state index contributed by atoms with van der Waals surface area (Å²) in [6.07, 6.45) is 1.93. The Labute approximate surface area is 150 Å². The summed E-state index contributed by atoms with van der Waals surface area (Å²) < 4.78 is 5.90. The molecule has 1 fully saturated rings. The molecule has 25 heavy (non-hydrogen) atoms. The van der Waals surface area contributed by atoms with E-state index in [-0.39, 0.29) is 5.91 Å². The first-order valence-corrected chi connectivity index (χ1v) is 9.45. The van der Waals surface area contributed by atoms with Crippen molar-refractivity contribution in [2.75, 3.05) is 0 Å². The van der Waals surface area contributed by atoms with Gasteiger partial charge in [-0.15, -0.1) is 11.3 Å². The fourth-order valence-electron chi connectivity index (χ4n) is 2.79. The van der Waals surface area contributed by atoms with Gasteiger partial charge in [-0.05, 0) is 31.2 Å². The lowest BCUT2D eigenvalue weighted by atomic mass is 10.1. The van der Waals surface area contributed by atoms with E-state index in [2.05, 4.69) is 10.3 Å². The van der Waals surface area contributed by atoms with Crippen LogP contribution in [0.4, 0.5) is 0 Å². The Morgan fingerprint density at radius 3 is 2.92 bits per heavy atom. The lowest BCUT2D eigenvalue weighted by molar-refractivity contribution is -0.127. The molecule has 2 aromatic carbocycles. The van der Waals surface area contributed by atoms with Crippen LogP contribution >= 0.6 is 11.3 Å². The standard InChI is InChI=1S/C20H20N2O2S/c1-13(24-18-8-4-6-14-5-2-3-7-17(14)18)19(23)21-11-16-12-25-20(22-16)15-9-10-15/h2-8,12-13,15H,9-11H2,1H3,(H,21,23). The number of aromatic nitrogens is 1. The van der Waals surface area contributed by atoms with Crippen LogP contribution in [0.5, 0.6) is 5.75 Å². The van der Waals surface area contributed by atoms with Gasteiger partial charge in [0.1, 0.15) is 5.75 Å². The van der Waals surface area contributed by atoms with Crippen molar-refractivity contribution in [1.29, 1.82) is 0 Å². The van der Waals surface area contributed by atoms with Crippen molar-refractivity contribution in [3.8, 4) is 5.75 Å². The monoisotopic (exact) mass is 352 g/mol. The van der Waals surface area contributed by atoms with Crippen LogP contribution in [0, 0.1) is 0 Å². The van der Waals surface area contributed by atoms with Crippen molar-refractivity contribution in [3.05, 3.63) is 58.5 Å². The Balaban J connectivity index is 1.37. The lowest BCUT2D eigenvalue weighted by Gasteiger charge is -2.16. The van der Waals surface area contributed by atoms with Gasteiger partial charge in [0.25, 0.3) is 5.91 Å². The topological polar surface area (TPSA) is 51.2 Å². The zero-order valence-corrected chi connectivity index (χ0v) is 14.9. The van der Waals surface area contributed by atoms with E-state index in [4.69, 9.17) is 4.74 Å². The molecular formula is C20H20N2O2S. The van der Waals surface area contributed by atoms with E-state index in [9.17, 15) is 4.79 Å². The maximum Gasteiger partial charge on any atom is 0.261 e. The van der Waals surface area contributed by atoms with Crippen LogP contribution in [0.15, 0.2) is 47.8 Å². The number of fused-ring (bicyclic) bond motifs is 1. The smallest absolute Gasteiger partial charge is 0.261 e. The van der Waals surface area contributed by atoms with Crippen molar-refractivity contribution in [2.45, 2.75) is 38.3 Å². The third-order valence-corrected chi connectivity index (χ3v) is 5.42. The number of thiazole rings is 1. The molecule has 0 bridgehead atoms. The minimum absolute atomic E-state index is 0.131. The van der Waals surface area contributed by atoms with E-state index in [0.717, 1.165) is 22.2 Å². The largest absolute Gasteiger partial charge is 0.480 e. The van der Waals surface area contributed by atoms with E-state index in [1.807, 2.05) is 47.8 Å². The molecule has 0 spiro atoms. The fourth-order valence-corrected chi connectivity index (χ4v) is 3.78. The predicted molar refractivity (Wildman–Crippen MR) is 100.0 cm³/mol. The molecule has 1 aliphatic rings. The highest BCUT2D eigenvalue weighted by Crippen LogP contribution is 2.41. The number of ether oxygens (including phenoxy) is 1. The molecular weight excluding hydrogens is 332 g/mol. The molecule has 1 saturated carbocycles. The molecule has 1 heterocycles. The maximum atomic E-state index is 12.3. The third-order valence-electron chi connectivity index (χ3n) is 4.36. The van der Waals surface area contributed by atoms with E-state index >= 15 is 0 Å². The average Bonchev–Trinajstić information content (AvgIpc) is 3.38. The number of rotatable bonds is 6. The predicted octanol–water partition coefficient (Wildman–Crippen LogP) is 4.26. The summed E-state index contributed by atoms with van der Waals surface area (Å²) in [5.74, 6) is 1.25. The van der Waals surface area contributed by atoms with E-state index in [0.29, 0.717) is 12.5 Å². The van der Waals surface area contributed by atoms with Gasteiger partial charge in [0.2, 0.25) is 0 Å². The Morgan fingerprint density at radius 1 is 1.28 bits per heavy atom. The second-order valence-corrected chi connectivity index (χ2v) is 7.30. The highest BCUT2D eigenvalue weighted by atomic mass is 32.1. The summed E-state index contributed by atoms with van der Waals surface area (Å²) in [6.45, 7) is 2.22. The molecule has 4 nitrogen and oxygen atoms in total. The van der Waals surface area contributed by atoms with Crippen LogP contribution in [-0.4, -0.2) is 17.0 Å². The number of nitrogens with zero attached hydrogens (tertiary/aromatic N) is 1. The highest BCUT2D eigenvalue weighted by molar-refractivity contribution is 7.09. The molecule has 0 saturated heterocycles. The second-order valence-electron chi connectivity index (χ2n) is 6.41. The van der Waals surface area contributed by atoms with Crippen LogP contribution in [-0.2, 0) is 11.3 Å². The maximum absolute atomic E-state index is 12.3. The number of carbonyl (C=O) groups is 1. The number of nitrogens with one attached hydrogen (secondary N) is 1. The number of carbonyl (C=O) groups excluding carboxylic acids is 1. The Hall–Kier alpha value is -2.40. The summed E-state index contributed by atoms with van der Waals surface area (Å²) in [4.78, 5) is 16.9. The van der Waals surface area contributed by atoms with Gasteiger partial charge in [0.15, 0.2) is 6.10 Å². The first kappa shape index (κ1) is 16.1. The number of hydrogen-bond donors (Lipinski definition) is 1. The molecule has 1 atom stereocenters.